The molecule has 3 heterocycles. The summed E-state index contributed by atoms with van der Waals surface area (Å²) >= 11 is 3.28. The van der Waals surface area contributed by atoms with Crippen LogP contribution in [0.4, 0.5) is 0 Å². The Kier molecular flexibility index (Phi) is 35.0. The number of nitrogens with zero attached hydrogens (tertiary/aromatic N) is 2. The molecule has 0 aliphatic carbocycles. The Balaban J connectivity index is -0.000000167. The van der Waals surface area contributed by atoms with Gasteiger partial charge in [-0.2, -0.15) is 21.7 Å². The number of nitriles is 1. The van der Waals surface area contributed by atoms with Crippen molar-refractivity contribution >= 4 is 22.7 Å². The lowest BCUT2D eigenvalue weighted by Crippen LogP contribution is -1.80. The van der Waals surface area contributed by atoms with Crippen molar-refractivity contribution in [2.75, 3.05) is 0 Å². The second-order valence-corrected chi connectivity index (χ2v) is 7.87. The lowest BCUT2D eigenvalue weighted by atomic mass is 10.1. The van der Waals surface area contributed by atoms with E-state index in [1.165, 1.54) is 28.0 Å². The van der Waals surface area contributed by atoms with Gasteiger partial charge < -0.3 is 0 Å². The van der Waals surface area contributed by atoms with Crippen LogP contribution in [0.5, 0.6) is 0 Å². The molecule has 0 saturated heterocycles. The molecule has 0 spiro atoms. The summed E-state index contributed by atoms with van der Waals surface area (Å²) < 4.78 is 0. The predicted octanol–water partition coefficient (Wildman–Crippen LogP) is 10.7. The van der Waals surface area contributed by atoms with Crippen LogP contribution in [0.3, 0.4) is 0 Å². The normalized spacial score (nSPS) is 8.18. The van der Waals surface area contributed by atoms with E-state index in [1.54, 1.807) is 11.3 Å². The van der Waals surface area contributed by atoms with Crippen molar-refractivity contribution in [3.05, 3.63) is 62.2 Å². The van der Waals surface area contributed by atoms with Crippen LogP contribution in [-0.4, -0.2) is 10.2 Å². The number of aryl methyl sites for hydroxylation is 1. The molecule has 5 heteroatoms. The summed E-state index contributed by atoms with van der Waals surface area (Å²) in [6, 6.07) is 6.25. The number of aromatic nitrogens is 2. The summed E-state index contributed by atoms with van der Waals surface area (Å²) in [5.74, 6) is 1.24. The van der Waals surface area contributed by atoms with E-state index in [0.29, 0.717) is 11.8 Å². The molecule has 3 aromatic heterocycles. The van der Waals surface area contributed by atoms with Gasteiger partial charge in [-0.25, -0.2) is 0 Å². The van der Waals surface area contributed by atoms with Gasteiger partial charge in [-0.3, -0.25) is 5.10 Å². The van der Waals surface area contributed by atoms with Gasteiger partial charge in [0.05, 0.1) is 6.20 Å². The van der Waals surface area contributed by atoms with Crippen LogP contribution in [0.1, 0.15) is 123 Å². The highest BCUT2D eigenvalue weighted by molar-refractivity contribution is 7.10. The van der Waals surface area contributed by atoms with Crippen molar-refractivity contribution in [3.8, 4) is 6.07 Å². The Hall–Kier alpha value is -1.90. The van der Waals surface area contributed by atoms with Crippen molar-refractivity contribution in [1.82, 2.24) is 10.2 Å². The molecule has 0 aliphatic rings. The number of hydrogen-bond acceptors (Lipinski definition) is 4. The topological polar surface area (TPSA) is 52.5 Å². The first kappa shape index (κ1) is 38.4. The highest BCUT2D eigenvalue weighted by Gasteiger charge is 2.01. The van der Waals surface area contributed by atoms with E-state index in [4.69, 9.17) is 5.26 Å². The molecule has 0 unspecified atom stereocenters. The third-order valence-corrected chi connectivity index (χ3v) is 5.12. The zero-order chi connectivity index (χ0) is 26.7. The monoisotopic (exact) mass is 493 g/mol. The van der Waals surface area contributed by atoms with Gasteiger partial charge in [0.1, 0.15) is 10.9 Å². The predicted molar refractivity (Wildman–Crippen MR) is 155 cm³/mol. The maximum Gasteiger partial charge on any atom is 0.110 e. The Morgan fingerprint density at radius 3 is 1.67 bits per heavy atom. The number of nitrogens with one attached hydrogen (secondary N) is 1. The summed E-state index contributed by atoms with van der Waals surface area (Å²) in [6.07, 6.45) is 4.80. The van der Waals surface area contributed by atoms with Crippen molar-refractivity contribution in [1.29, 1.82) is 5.26 Å². The molecular formula is C28H51N3S2. The van der Waals surface area contributed by atoms with Gasteiger partial charge in [0.25, 0.3) is 0 Å². The van der Waals surface area contributed by atoms with E-state index in [0.717, 1.165) is 11.3 Å². The molecule has 33 heavy (non-hydrogen) atoms. The first-order valence-corrected chi connectivity index (χ1v) is 14.3. The summed E-state index contributed by atoms with van der Waals surface area (Å²) in [5, 5.41) is 21.4. The summed E-state index contributed by atoms with van der Waals surface area (Å²) in [6.45, 7) is 26.8. The van der Waals surface area contributed by atoms with Gasteiger partial charge in [0.15, 0.2) is 0 Å². The number of hydrogen-bond donors (Lipinski definition) is 1. The molecule has 0 aliphatic heterocycles. The van der Waals surface area contributed by atoms with Gasteiger partial charge in [0.2, 0.25) is 0 Å². The minimum absolute atomic E-state index is 0.540. The van der Waals surface area contributed by atoms with E-state index >= 15 is 0 Å². The number of rotatable bonds is 3. The van der Waals surface area contributed by atoms with E-state index in [9.17, 15) is 0 Å². The maximum absolute atomic E-state index is 8.49. The van der Waals surface area contributed by atoms with Crippen LogP contribution in [0, 0.1) is 11.3 Å². The SMILES string of the molecule is CC.CC.CC.CC.CC(C)c1ccsc1.CC(C)c1csc(C#N)c1.CCc1cn[nH]c1. The second-order valence-electron chi connectivity index (χ2n) is 6.18. The molecule has 1 N–H and O–H groups in total. The molecule has 3 aromatic rings. The fourth-order valence-electron chi connectivity index (χ4n) is 1.79. The van der Waals surface area contributed by atoms with Crippen molar-refractivity contribution in [3.63, 3.8) is 0 Å². The van der Waals surface area contributed by atoms with Crippen LogP contribution in [0.25, 0.3) is 0 Å². The van der Waals surface area contributed by atoms with Crippen LogP contribution < -0.4 is 0 Å². The molecule has 0 saturated carbocycles. The maximum atomic E-state index is 8.49. The van der Waals surface area contributed by atoms with Gasteiger partial charge in [-0.05, 0) is 63.2 Å². The van der Waals surface area contributed by atoms with Crippen LogP contribution in [-0.2, 0) is 6.42 Å². The minimum atomic E-state index is 0.540. The lowest BCUT2D eigenvalue weighted by molar-refractivity contribution is 0.872. The Morgan fingerprint density at radius 1 is 0.909 bits per heavy atom. The van der Waals surface area contributed by atoms with Crippen LogP contribution in [0.15, 0.2) is 40.7 Å². The quantitative estimate of drug-likeness (QED) is 0.394. The highest BCUT2D eigenvalue weighted by Crippen LogP contribution is 2.20. The summed E-state index contributed by atoms with van der Waals surface area (Å²) in [7, 11) is 0. The Labute approximate surface area is 214 Å². The number of aromatic amines is 1. The van der Waals surface area contributed by atoms with Gasteiger partial charge in [0, 0.05) is 6.20 Å². The van der Waals surface area contributed by atoms with Crippen molar-refractivity contribution < 1.29 is 0 Å². The van der Waals surface area contributed by atoms with Gasteiger partial charge >= 0.3 is 0 Å². The van der Waals surface area contributed by atoms with E-state index in [2.05, 4.69) is 67.7 Å². The lowest BCUT2D eigenvalue weighted by Gasteiger charge is -1.96. The smallest absolute Gasteiger partial charge is 0.110 e. The zero-order valence-corrected chi connectivity index (χ0v) is 25.2. The summed E-state index contributed by atoms with van der Waals surface area (Å²) in [4.78, 5) is 0.809. The number of H-pyrrole nitrogens is 1. The Bertz CT molecular complexity index is 720. The molecule has 3 rings (SSSR count). The highest BCUT2D eigenvalue weighted by atomic mass is 32.1. The van der Waals surface area contributed by atoms with Gasteiger partial charge in [-0.1, -0.05) is 90.0 Å². The van der Waals surface area contributed by atoms with Crippen LogP contribution in [0.2, 0.25) is 0 Å². The largest absolute Gasteiger partial charge is 0.285 e. The van der Waals surface area contributed by atoms with E-state index in [1.807, 2.05) is 79.2 Å². The van der Waals surface area contributed by atoms with Crippen LogP contribution >= 0.6 is 22.7 Å². The van der Waals surface area contributed by atoms with Crippen molar-refractivity contribution in [2.24, 2.45) is 0 Å². The van der Waals surface area contributed by atoms with Gasteiger partial charge in [-0.15, -0.1) is 11.3 Å². The second kappa shape index (κ2) is 30.1. The molecular weight excluding hydrogens is 442 g/mol. The first-order valence-electron chi connectivity index (χ1n) is 12.5. The molecule has 0 bridgehead atoms. The third kappa shape index (κ3) is 21.7. The molecule has 190 valence electrons. The molecule has 0 atom stereocenters. The minimum Gasteiger partial charge on any atom is -0.285 e. The average Bonchev–Trinajstić information content (AvgIpc) is 3.67. The average molecular weight is 494 g/mol. The molecule has 0 amide bonds. The van der Waals surface area contributed by atoms with E-state index < -0.39 is 0 Å². The molecule has 0 fully saturated rings. The standard InChI is InChI=1S/C8H9NS.C7H10S.C5H8N2.4C2H6/c1-6(2)7-3-8(4-9)10-5-7;1-6(2)7-3-4-8-5-7;1-2-5-3-6-7-4-5;4*1-2/h3,5-6H,1-2H3;3-6H,1-2H3;3-4H,2H2,1H3,(H,6,7);4*1-2H3. The Morgan fingerprint density at radius 2 is 1.45 bits per heavy atom. The van der Waals surface area contributed by atoms with Crippen molar-refractivity contribution in [2.45, 2.75) is 108 Å². The summed E-state index contributed by atoms with van der Waals surface area (Å²) in [5.41, 5.74) is 3.98. The third-order valence-electron chi connectivity index (χ3n) is 3.57. The fraction of sp³-hybridized carbons (Fsp3) is 0.571. The molecule has 0 radical (unpaired) electrons. The van der Waals surface area contributed by atoms with E-state index in [-0.39, 0.29) is 0 Å². The first-order chi connectivity index (χ1) is 16.0. The zero-order valence-electron chi connectivity index (χ0n) is 23.6. The number of thiophene rings is 2. The molecule has 0 aromatic carbocycles. The fourth-order valence-corrected chi connectivity index (χ4v) is 3.47. The molecule has 3 nitrogen and oxygen atoms in total.